The van der Waals surface area contributed by atoms with Crippen LogP contribution in [0.3, 0.4) is 0 Å². The number of ether oxygens (including phenoxy) is 1. The van der Waals surface area contributed by atoms with Gasteiger partial charge in [0.05, 0.1) is 17.2 Å². The highest BCUT2D eigenvalue weighted by Gasteiger charge is 2.09. The van der Waals surface area contributed by atoms with Gasteiger partial charge in [-0.1, -0.05) is 19.9 Å². The Morgan fingerprint density at radius 1 is 1.22 bits per heavy atom. The van der Waals surface area contributed by atoms with Crippen molar-refractivity contribution in [2.75, 3.05) is 12.0 Å². The first-order chi connectivity index (χ1) is 12.8. The van der Waals surface area contributed by atoms with Gasteiger partial charge in [0.2, 0.25) is 0 Å². The van der Waals surface area contributed by atoms with Crippen LogP contribution in [0.5, 0.6) is 5.75 Å². The van der Waals surface area contributed by atoms with Gasteiger partial charge in [0.1, 0.15) is 5.75 Å². The van der Waals surface area contributed by atoms with E-state index >= 15 is 0 Å². The Balaban J connectivity index is 1.87. The minimum Gasteiger partial charge on any atom is -0.493 e. The van der Waals surface area contributed by atoms with E-state index in [4.69, 9.17) is 17.0 Å². The summed E-state index contributed by atoms with van der Waals surface area (Å²) >= 11 is 5.07. The molecule has 1 amide bonds. The van der Waals surface area contributed by atoms with Crippen LogP contribution in [-0.2, 0) is 0 Å². The molecule has 0 aliphatic carbocycles. The van der Waals surface area contributed by atoms with Crippen LogP contribution in [0.15, 0.2) is 48.5 Å². The summed E-state index contributed by atoms with van der Waals surface area (Å²) in [6.07, 6.45) is 0. The Kier molecular flexibility index (Phi) is 7.07. The zero-order chi connectivity index (χ0) is 19.8. The summed E-state index contributed by atoms with van der Waals surface area (Å²) in [6.45, 7) is 4.64. The summed E-state index contributed by atoms with van der Waals surface area (Å²) in [5, 5.41) is 13.2. The van der Waals surface area contributed by atoms with E-state index in [0.29, 0.717) is 29.5 Å². The zero-order valence-corrected chi connectivity index (χ0v) is 15.7. The van der Waals surface area contributed by atoms with Gasteiger partial charge in [-0.25, -0.2) is 0 Å². The number of hydrogen-bond donors (Lipinski definition) is 3. The van der Waals surface area contributed by atoms with Crippen LogP contribution in [0.25, 0.3) is 0 Å². The largest absolute Gasteiger partial charge is 0.493 e. The fourth-order valence-electron chi connectivity index (χ4n) is 1.99. The molecule has 0 aliphatic heterocycles. The van der Waals surface area contributed by atoms with Crippen LogP contribution in [0.2, 0.25) is 0 Å². The first-order valence-electron chi connectivity index (χ1n) is 8.20. The van der Waals surface area contributed by atoms with Gasteiger partial charge < -0.3 is 4.74 Å². The highest BCUT2D eigenvalue weighted by atomic mass is 32.1. The number of non-ortho nitro benzene ring substituents is 1. The maximum atomic E-state index is 12.3. The number of rotatable bonds is 7. The third-order valence-electron chi connectivity index (χ3n) is 3.31. The molecule has 0 aromatic heterocycles. The summed E-state index contributed by atoms with van der Waals surface area (Å²) in [7, 11) is 0. The Morgan fingerprint density at radius 2 is 1.93 bits per heavy atom. The van der Waals surface area contributed by atoms with E-state index in [1.54, 1.807) is 24.3 Å². The van der Waals surface area contributed by atoms with Crippen LogP contribution >= 0.6 is 12.2 Å². The first kappa shape index (κ1) is 20.1. The molecule has 8 nitrogen and oxygen atoms in total. The van der Waals surface area contributed by atoms with Crippen LogP contribution in [-0.4, -0.2) is 22.5 Å². The van der Waals surface area contributed by atoms with Crippen molar-refractivity contribution < 1.29 is 14.5 Å². The van der Waals surface area contributed by atoms with Gasteiger partial charge in [-0.05, 0) is 48.5 Å². The lowest BCUT2D eigenvalue weighted by Gasteiger charge is -2.12. The number of nitrogens with zero attached hydrogens (tertiary/aromatic N) is 1. The molecule has 0 atom stereocenters. The molecular weight excluding hydrogens is 368 g/mol. The second-order valence-corrected chi connectivity index (χ2v) is 6.48. The van der Waals surface area contributed by atoms with Crippen molar-refractivity contribution in [1.82, 2.24) is 10.7 Å². The number of thiocarbonyl (C=S) groups is 1. The molecule has 0 saturated carbocycles. The number of nitrogens with one attached hydrogen (secondary N) is 3. The smallest absolute Gasteiger partial charge is 0.269 e. The number of amides is 1. The molecule has 0 radical (unpaired) electrons. The molecule has 2 rings (SSSR count). The normalized spacial score (nSPS) is 10.2. The molecule has 9 heteroatoms. The highest BCUT2D eigenvalue weighted by molar-refractivity contribution is 7.80. The maximum absolute atomic E-state index is 12.3. The van der Waals surface area contributed by atoms with Gasteiger partial charge >= 0.3 is 0 Å². The summed E-state index contributed by atoms with van der Waals surface area (Å²) in [5.74, 6) is 0.608. The Labute approximate surface area is 162 Å². The molecule has 0 aliphatic rings. The molecule has 0 heterocycles. The van der Waals surface area contributed by atoms with E-state index in [1.165, 1.54) is 24.3 Å². The van der Waals surface area contributed by atoms with Crippen LogP contribution < -0.4 is 20.9 Å². The Hall–Kier alpha value is -3.20. The molecule has 142 valence electrons. The molecule has 2 aromatic carbocycles. The van der Waals surface area contributed by atoms with Crippen molar-refractivity contribution in [3.63, 3.8) is 0 Å². The van der Waals surface area contributed by atoms with Crippen molar-refractivity contribution >= 4 is 34.6 Å². The quantitative estimate of drug-likeness (QED) is 0.380. The minimum absolute atomic E-state index is 0.0176. The van der Waals surface area contributed by atoms with Gasteiger partial charge in [0, 0.05) is 17.7 Å². The van der Waals surface area contributed by atoms with E-state index < -0.39 is 4.92 Å². The molecular formula is C18H20N4O4S. The number of carbonyl (C=O) groups is 1. The molecule has 27 heavy (non-hydrogen) atoms. The van der Waals surface area contributed by atoms with Gasteiger partial charge in [-0.15, -0.1) is 0 Å². The fourth-order valence-corrected chi connectivity index (χ4v) is 2.14. The van der Waals surface area contributed by atoms with E-state index in [1.807, 2.05) is 13.8 Å². The van der Waals surface area contributed by atoms with Gasteiger partial charge in [0.15, 0.2) is 5.11 Å². The Morgan fingerprint density at radius 3 is 2.56 bits per heavy atom. The van der Waals surface area contributed by atoms with Gasteiger partial charge in [-0.3, -0.25) is 31.1 Å². The number of nitro benzene ring substituents is 1. The van der Waals surface area contributed by atoms with E-state index in [-0.39, 0.29) is 16.7 Å². The first-order valence-corrected chi connectivity index (χ1v) is 8.60. The number of carbonyl (C=O) groups excluding carboxylic acids is 1. The predicted molar refractivity (Wildman–Crippen MR) is 107 cm³/mol. The number of hydrazine groups is 1. The van der Waals surface area contributed by atoms with Gasteiger partial charge in [-0.2, -0.15) is 0 Å². The lowest BCUT2D eigenvalue weighted by atomic mass is 10.2. The van der Waals surface area contributed by atoms with Crippen molar-refractivity contribution in [2.24, 2.45) is 5.92 Å². The molecule has 0 bridgehead atoms. The third kappa shape index (κ3) is 6.55. The summed E-state index contributed by atoms with van der Waals surface area (Å²) in [5.41, 5.74) is 6.36. The zero-order valence-electron chi connectivity index (χ0n) is 14.9. The second-order valence-electron chi connectivity index (χ2n) is 6.07. The monoisotopic (exact) mass is 388 g/mol. The average molecular weight is 388 g/mol. The highest BCUT2D eigenvalue weighted by Crippen LogP contribution is 2.15. The summed E-state index contributed by atoms with van der Waals surface area (Å²) in [4.78, 5) is 22.4. The number of hydrogen-bond acceptors (Lipinski definition) is 6. The molecule has 0 spiro atoms. The van der Waals surface area contributed by atoms with Crippen LogP contribution in [0, 0.1) is 16.0 Å². The topological polar surface area (TPSA) is 106 Å². The van der Waals surface area contributed by atoms with Crippen molar-refractivity contribution in [2.45, 2.75) is 13.8 Å². The average Bonchev–Trinajstić information content (AvgIpc) is 2.65. The van der Waals surface area contributed by atoms with E-state index in [0.717, 1.165) is 0 Å². The lowest BCUT2D eigenvalue weighted by Crippen LogP contribution is -2.41. The summed E-state index contributed by atoms with van der Waals surface area (Å²) < 4.78 is 5.61. The van der Waals surface area contributed by atoms with Crippen molar-refractivity contribution in [3.8, 4) is 5.75 Å². The van der Waals surface area contributed by atoms with E-state index in [2.05, 4.69) is 16.2 Å². The molecule has 2 aromatic rings. The number of nitro groups is 1. The number of anilines is 1. The Bertz CT molecular complexity index is 824. The van der Waals surface area contributed by atoms with Crippen molar-refractivity contribution in [3.05, 3.63) is 64.2 Å². The third-order valence-corrected chi connectivity index (χ3v) is 3.51. The van der Waals surface area contributed by atoms with Crippen LogP contribution in [0.1, 0.15) is 24.2 Å². The molecule has 0 saturated heterocycles. The molecule has 0 fully saturated rings. The van der Waals surface area contributed by atoms with Gasteiger partial charge in [0.25, 0.3) is 11.6 Å². The molecule has 3 N–H and O–H groups in total. The number of benzene rings is 2. The minimum atomic E-state index is -0.485. The maximum Gasteiger partial charge on any atom is 0.269 e. The van der Waals surface area contributed by atoms with Crippen LogP contribution in [0.4, 0.5) is 11.4 Å². The summed E-state index contributed by atoms with van der Waals surface area (Å²) in [6, 6.07) is 12.6. The van der Waals surface area contributed by atoms with E-state index in [9.17, 15) is 14.9 Å². The lowest BCUT2D eigenvalue weighted by molar-refractivity contribution is -0.384. The fraction of sp³-hybridized carbons (Fsp3) is 0.222. The van der Waals surface area contributed by atoms with Crippen molar-refractivity contribution in [1.29, 1.82) is 0 Å². The standard InChI is InChI=1S/C18H20N4O4S/c1-12(2)11-26-16-5-3-4-13(10-16)17(23)19-18(27)21-20-14-6-8-15(9-7-14)22(24)25/h3-10,12,20H,11H2,1-2H3,(H2,19,21,23,27). The SMILES string of the molecule is CC(C)COc1cccc(C(=O)NC(=S)NNc2ccc([N+](=O)[O-])cc2)c1. The molecule has 0 unspecified atom stereocenters. The second kappa shape index (κ2) is 9.48. The predicted octanol–water partition coefficient (Wildman–Crippen LogP) is 3.26.